The first-order valence-corrected chi connectivity index (χ1v) is 9.93. The van der Waals surface area contributed by atoms with Crippen molar-refractivity contribution in [3.8, 4) is 11.5 Å². The van der Waals surface area contributed by atoms with Crippen LogP contribution in [0, 0.1) is 0 Å². The van der Waals surface area contributed by atoms with Gasteiger partial charge < -0.3 is 9.84 Å². The van der Waals surface area contributed by atoms with Crippen LogP contribution < -0.4 is 10.2 Å². The molecule has 7 nitrogen and oxygen atoms in total. The summed E-state index contributed by atoms with van der Waals surface area (Å²) in [5, 5.41) is 14.2. The molecule has 0 radical (unpaired) electrons. The maximum absolute atomic E-state index is 12.8. The average molecular weight is 423 g/mol. The Morgan fingerprint density at radius 3 is 2.77 bits per heavy atom. The minimum Gasteiger partial charge on any atom is -0.504 e. The molecule has 1 aliphatic rings. The molecule has 154 valence electrons. The first-order chi connectivity index (χ1) is 14.5. The molecule has 2 aromatic rings. The number of amides is 2. The van der Waals surface area contributed by atoms with E-state index in [4.69, 9.17) is 4.74 Å². The van der Waals surface area contributed by atoms with Gasteiger partial charge in [0.2, 0.25) is 5.91 Å². The summed E-state index contributed by atoms with van der Waals surface area (Å²) in [5.41, 5.74) is 4.07. The van der Waals surface area contributed by atoms with Crippen molar-refractivity contribution in [2.75, 3.05) is 13.7 Å². The second-order valence-electron chi connectivity index (χ2n) is 6.34. The van der Waals surface area contributed by atoms with Crippen LogP contribution in [0.1, 0.15) is 11.1 Å². The Morgan fingerprint density at radius 2 is 2.07 bits per heavy atom. The number of hydrogen-bond donors (Lipinski definition) is 2. The van der Waals surface area contributed by atoms with Crippen LogP contribution in [0.3, 0.4) is 0 Å². The van der Waals surface area contributed by atoms with Gasteiger partial charge in [0.05, 0.1) is 18.4 Å². The molecule has 2 aromatic carbocycles. The van der Waals surface area contributed by atoms with Gasteiger partial charge in [-0.25, -0.2) is 5.43 Å². The lowest BCUT2D eigenvalue weighted by Crippen LogP contribution is -2.31. The highest BCUT2D eigenvalue weighted by molar-refractivity contribution is 8.18. The maximum Gasteiger partial charge on any atom is 0.267 e. The van der Waals surface area contributed by atoms with Crippen molar-refractivity contribution in [2.24, 2.45) is 5.10 Å². The molecule has 0 aliphatic carbocycles. The zero-order chi connectivity index (χ0) is 21.5. The number of amidine groups is 1. The molecule has 2 amide bonds. The summed E-state index contributed by atoms with van der Waals surface area (Å²) < 4.78 is 5.11. The summed E-state index contributed by atoms with van der Waals surface area (Å²) in [6.07, 6.45) is 3.46. The summed E-state index contributed by atoms with van der Waals surface area (Å²) in [6, 6.07) is 14.1. The first kappa shape index (κ1) is 21.2. The SMILES string of the molecule is C=CCN1C(=O)/C(=C/c2ccc(O)c(OC)c2)S/C1=N/NC(=O)Cc1ccccc1. The second-order valence-corrected chi connectivity index (χ2v) is 7.35. The molecule has 0 spiro atoms. The third-order valence-electron chi connectivity index (χ3n) is 4.19. The highest BCUT2D eigenvalue weighted by atomic mass is 32.2. The monoisotopic (exact) mass is 423 g/mol. The number of nitrogens with zero attached hydrogens (tertiary/aromatic N) is 2. The van der Waals surface area contributed by atoms with E-state index in [1.165, 1.54) is 18.1 Å². The minimum absolute atomic E-state index is 0.0155. The van der Waals surface area contributed by atoms with Crippen molar-refractivity contribution < 1.29 is 19.4 Å². The van der Waals surface area contributed by atoms with Crippen molar-refractivity contribution in [1.82, 2.24) is 10.3 Å². The van der Waals surface area contributed by atoms with Gasteiger partial charge in [0.25, 0.3) is 5.91 Å². The molecule has 0 atom stereocenters. The number of hydrazone groups is 1. The van der Waals surface area contributed by atoms with E-state index in [9.17, 15) is 14.7 Å². The van der Waals surface area contributed by atoms with Crippen LogP contribution in [0.15, 0.2) is 71.2 Å². The van der Waals surface area contributed by atoms with Crippen molar-refractivity contribution >= 4 is 34.8 Å². The number of carbonyl (C=O) groups excluding carboxylic acids is 2. The molecule has 0 bridgehead atoms. The topological polar surface area (TPSA) is 91.2 Å². The van der Waals surface area contributed by atoms with Gasteiger partial charge >= 0.3 is 0 Å². The van der Waals surface area contributed by atoms with Gasteiger partial charge in [-0.3, -0.25) is 14.5 Å². The lowest BCUT2D eigenvalue weighted by atomic mass is 10.1. The van der Waals surface area contributed by atoms with Gasteiger partial charge in [0.15, 0.2) is 16.7 Å². The van der Waals surface area contributed by atoms with Crippen LogP contribution in [0.25, 0.3) is 6.08 Å². The zero-order valence-corrected chi connectivity index (χ0v) is 17.2. The molecule has 1 heterocycles. The van der Waals surface area contributed by atoms with Crippen molar-refractivity contribution in [3.05, 3.63) is 77.2 Å². The molecule has 0 aromatic heterocycles. The van der Waals surface area contributed by atoms with E-state index in [2.05, 4.69) is 17.1 Å². The summed E-state index contributed by atoms with van der Waals surface area (Å²) in [4.78, 5) is 26.8. The van der Waals surface area contributed by atoms with Crippen molar-refractivity contribution in [1.29, 1.82) is 0 Å². The standard InChI is InChI=1S/C22H21N3O4S/c1-3-11-25-21(28)19(13-16-9-10-17(26)18(12-16)29-2)30-22(25)24-23-20(27)14-15-7-5-4-6-8-15/h3-10,12-13,26H,1,11,14H2,2H3,(H,23,27)/b19-13-,24-22+. The van der Waals surface area contributed by atoms with Crippen molar-refractivity contribution in [3.63, 3.8) is 0 Å². The quantitative estimate of drug-likeness (QED) is 0.406. The number of rotatable bonds is 7. The fourth-order valence-corrected chi connectivity index (χ4v) is 3.70. The van der Waals surface area contributed by atoms with E-state index in [0.717, 1.165) is 17.3 Å². The molecule has 1 fully saturated rings. The van der Waals surface area contributed by atoms with Gasteiger partial charge in [-0.1, -0.05) is 42.5 Å². The summed E-state index contributed by atoms with van der Waals surface area (Å²) in [6.45, 7) is 3.94. The van der Waals surface area contributed by atoms with Gasteiger partial charge in [-0.05, 0) is 41.1 Å². The normalized spacial score (nSPS) is 16.2. The number of carbonyl (C=O) groups is 2. The molecular weight excluding hydrogens is 402 g/mol. The molecular formula is C22H21N3O4S. The Hall–Kier alpha value is -3.52. The predicted molar refractivity (Wildman–Crippen MR) is 118 cm³/mol. The molecule has 1 aliphatic heterocycles. The van der Waals surface area contributed by atoms with E-state index in [0.29, 0.717) is 21.4 Å². The first-order valence-electron chi connectivity index (χ1n) is 9.11. The van der Waals surface area contributed by atoms with E-state index in [-0.39, 0.29) is 30.5 Å². The fourth-order valence-electron chi connectivity index (χ4n) is 2.75. The summed E-state index contributed by atoms with van der Waals surface area (Å²) >= 11 is 1.15. The highest BCUT2D eigenvalue weighted by Crippen LogP contribution is 2.34. The van der Waals surface area contributed by atoms with Crippen LogP contribution in [0.4, 0.5) is 0 Å². The molecule has 8 heteroatoms. The number of phenols is 1. The van der Waals surface area contributed by atoms with Crippen LogP contribution in [-0.2, 0) is 16.0 Å². The van der Waals surface area contributed by atoms with Crippen LogP contribution in [0.2, 0.25) is 0 Å². The number of methoxy groups -OCH3 is 1. The van der Waals surface area contributed by atoms with E-state index < -0.39 is 0 Å². The second kappa shape index (κ2) is 9.80. The summed E-state index contributed by atoms with van der Waals surface area (Å²) in [7, 11) is 1.45. The number of ether oxygens (including phenoxy) is 1. The maximum atomic E-state index is 12.8. The Morgan fingerprint density at radius 1 is 1.30 bits per heavy atom. The van der Waals surface area contributed by atoms with E-state index in [1.54, 1.807) is 24.3 Å². The van der Waals surface area contributed by atoms with Gasteiger partial charge in [0, 0.05) is 6.54 Å². The number of aromatic hydroxyl groups is 1. The van der Waals surface area contributed by atoms with Gasteiger partial charge in [-0.2, -0.15) is 0 Å². The molecule has 1 saturated heterocycles. The Balaban J connectivity index is 1.77. The number of thioether (sulfide) groups is 1. The number of benzene rings is 2. The largest absolute Gasteiger partial charge is 0.504 e. The van der Waals surface area contributed by atoms with Crippen LogP contribution in [0.5, 0.6) is 11.5 Å². The Bertz CT molecular complexity index is 1020. The number of phenolic OH excluding ortho intramolecular Hbond substituents is 1. The number of nitrogens with one attached hydrogen (secondary N) is 1. The smallest absolute Gasteiger partial charge is 0.267 e. The lowest BCUT2D eigenvalue weighted by Gasteiger charge is -2.12. The van der Waals surface area contributed by atoms with E-state index >= 15 is 0 Å². The third-order valence-corrected chi connectivity index (χ3v) is 5.19. The fraction of sp³-hybridized carbons (Fsp3) is 0.136. The molecule has 30 heavy (non-hydrogen) atoms. The molecule has 2 N–H and O–H groups in total. The third kappa shape index (κ3) is 5.09. The van der Waals surface area contributed by atoms with Crippen molar-refractivity contribution in [2.45, 2.75) is 6.42 Å². The predicted octanol–water partition coefficient (Wildman–Crippen LogP) is 3.13. The van der Waals surface area contributed by atoms with Crippen LogP contribution >= 0.6 is 11.8 Å². The minimum atomic E-state index is -0.277. The number of hydrogen-bond acceptors (Lipinski definition) is 6. The average Bonchev–Trinajstić information content (AvgIpc) is 3.03. The summed E-state index contributed by atoms with van der Waals surface area (Å²) in [5.74, 6) is -0.199. The zero-order valence-electron chi connectivity index (χ0n) is 16.4. The Kier molecular flexibility index (Phi) is 6.92. The van der Waals surface area contributed by atoms with Gasteiger partial charge in [0.1, 0.15) is 0 Å². The lowest BCUT2D eigenvalue weighted by molar-refractivity contribution is -0.122. The molecule has 0 saturated carbocycles. The van der Waals surface area contributed by atoms with Gasteiger partial charge in [-0.15, -0.1) is 11.7 Å². The molecule has 3 rings (SSSR count). The molecule has 0 unspecified atom stereocenters. The Labute approximate surface area is 178 Å². The van der Waals surface area contributed by atoms with E-state index in [1.807, 2.05) is 30.3 Å². The highest BCUT2D eigenvalue weighted by Gasteiger charge is 2.33. The van der Waals surface area contributed by atoms with Crippen LogP contribution in [-0.4, -0.2) is 40.6 Å².